The van der Waals surface area contributed by atoms with Crippen molar-refractivity contribution in [3.8, 4) is 0 Å². The summed E-state index contributed by atoms with van der Waals surface area (Å²) in [7, 11) is 0. The predicted molar refractivity (Wildman–Crippen MR) is 47.7 cm³/mol. The summed E-state index contributed by atoms with van der Waals surface area (Å²) in [6.07, 6.45) is 5.54. The lowest BCUT2D eigenvalue weighted by Crippen LogP contribution is -1.80. The maximum absolute atomic E-state index is 7.34. The molecule has 0 fully saturated rings. The van der Waals surface area contributed by atoms with Crippen LogP contribution in [0.25, 0.3) is 0 Å². The maximum atomic E-state index is 7.34. The average molecular weight is 164 g/mol. The van der Waals surface area contributed by atoms with Gasteiger partial charge in [0, 0.05) is 12.2 Å². The van der Waals surface area contributed by atoms with E-state index in [1.54, 1.807) is 0 Å². The number of thiocarbonyl (C=S) groups is 1. The molecule has 10 heavy (non-hydrogen) atoms. The van der Waals surface area contributed by atoms with E-state index < -0.39 is 5.24 Å². The van der Waals surface area contributed by atoms with E-state index in [2.05, 4.69) is 26.1 Å². The van der Waals surface area contributed by atoms with Gasteiger partial charge in [-0.05, 0) is 0 Å². The van der Waals surface area contributed by atoms with Crippen molar-refractivity contribution in [3.05, 3.63) is 0 Å². The quantitative estimate of drug-likeness (QED) is 0.497. The molecule has 3 heteroatoms. The summed E-state index contributed by atoms with van der Waals surface area (Å²) in [5.74, 6) is 0. The van der Waals surface area contributed by atoms with E-state index in [1.807, 2.05) is 0 Å². The molecule has 0 aromatic carbocycles. The number of aliphatic hydroxyl groups is 2. The lowest BCUT2D eigenvalue weighted by Gasteiger charge is -1.86. The van der Waals surface area contributed by atoms with Crippen molar-refractivity contribution < 1.29 is 10.2 Å². The predicted octanol–water partition coefficient (Wildman–Crippen LogP) is 2.97. The van der Waals surface area contributed by atoms with Crippen molar-refractivity contribution in [1.82, 2.24) is 0 Å². The minimum atomic E-state index is -1.000. The van der Waals surface area contributed by atoms with E-state index >= 15 is 0 Å². The van der Waals surface area contributed by atoms with Crippen LogP contribution < -0.4 is 0 Å². The first-order valence-electron chi connectivity index (χ1n) is 3.57. The van der Waals surface area contributed by atoms with Crippen molar-refractivity contribution >= 4 is 17.5 Å². The Bertz CT molecular complexity index is 66.0. The van der Waals surface area contributed by atoms with Gasteiger partial charge in [-0.2, -0.15) is 0 Å². The molecule has 0 spiro atoms. The zero-order valence-electron chi connectivity index (χ0n) is 6.63. The standard InChI is InChI=1S/C6H14.CH2O2S/c1-3-5-6-4-2;2-1(3)4/h3-6H2,1-2H3;(H2,2,3,4). The van der Waals surface area contributed by atoms with E-state index in [9.17, 15) is 0 Å². The number of unbranched alkanes of at least 4 members (excludes halogenated alkanes) is 3. The molecule has 62 valence electrons. The molecule has 2 nitrogen and oxygen atoms in total. The summed E-state index contributed by atoms with van der Waals surface area (Å²) in [5, 5.41) is 13.7. The Morgan fingerprint density at radius 2 is 1.30 bits per heavy atom. The second-order valence-corrected chi connectivity index (χ2v) is 2.35. The second-order valence-electron chi connectivity index (χ2n) is 1.99. The topological polar surface area (TPSA) is 40.5 Å². The Kier molecular flexibility index (Phi) is 14.2. The van der Waals surface area contributed by atoms with Crippen LogP contribution in [0.4, 0.5) is 0 Å². The SMILES string of the molecule is CCCCCC.OC(O)=S. The van der Waals surface area contributed by atoms with Crippen molar-refractivity contribution in [3.63, 3.8) is 0 Å². The summed E-state index contributed by atoms with van der Waals surface area (Å²) < 4.78 is 0. The van der Waals surface area contributed by atoms with Crippen molar-refractivity contribution in [2.45, 2.75) is 39.5 Å². The molecule has 0 aromatic rings. The van der Waals surface area contributed by atoms with Crippen LogP contribution in [-0.4, -0.2) is 15.4 Å². The van der Waals surface area contributed by atoms with Gasteiger partial charge < -0.3 is 10.2 Å². The maximum Gasteiger partial charge on any atom is 0.347 e. The fourth-order valence-electron chi connectivity index (χ4n) is 0.500. The number of hydrogen-bond acceptors (Lipinski definition) is 1. The van der Waals surface area contributed by atoms with Gasteiger partial charge in [-0.25, -0.2) is 0 Å². The van der Waals surface area contributed by atoms with Gasteiger partial charge in [-0.1, -0.05) is 39.5 Å². The van der Waals surface area contributed by atoms with Crippen LogP contribution in [0.2, 0.25) is 0 Å². The summed E-state index contributed by atoms with van der Waals surface area (Å²) in [4.78, 5) is 0. The summed E-state index contributed by atoms with van der Waals surface area (Å²) in [5.41, 5.74) is 0. The molecule has 0 unspecified atom stereocenters. The lowest BCUT2D eigenvalue weighted by molar-refractivity contribution is 0.386. The van der Waals surface area contributed by atoms with Crippen molar-refractivity contribution in [2.75, 3.05) is 0 Å². The van der Waals surface area contributed by atoms with Crippen LogP contribution in [0, 0.1) is 0 Å². The Labute approximate surface area is 67.9 Å². The zero-order valence-corrected chi connectivity index (χ0v) is 7.45. The van der Waals surface area contributed by atoms with Gasteiger partial charge in [-0.15, -0.1) is 0 Å². The molecule has 0 heterocycles. The highest BCUT2D eigenvalue weighted by Crippen LogP contribution is 1.95. The molecule has 0 aromatic heterocycles. The fraction of sp³-hybridized carbons (Fsp3) is 0.857. The number of rotatable bonds is 3. The Morgan fingerprint density at radius 3 is 1.40 bits per heavy atom. The normalized spacial score (nSPS) is 7.80. The third-order valence-corrected chi connectivity index (χ3v) is 0.957. The highest BCUT2D eigenvalue weighted by Gasteiger charge is 1.75. The van der Waals surface area contributed by atoms with E-state index in [-0.39, 0.29) is 0 Å². The van der Waals surface area contributed by atoms with Gasteiger partial charge in [0.2, 0.25) is 0 Å². The molecule has 0 radical (unpaired) electrons. The first-order chi connectivity index (χ1) is 4.65. The Balaban J connectivity index is 0. The van der Waals surface area contributed by atoms with Crippen molar-refractivity contribution in [1.29, 1.82) is 0 Å². The molecule has 0 rings (SSSR count). The molecule has 2 N–H and O–H groups in total. The molecule has 0 bridgehead atoms. The van der Waals surface area contributed by atoms with Gasteiger partial charge in [0.25, 0.3) is 0 Å². The first kappa shape index (κ1) is 12.4. The molecule has 0 aliphatic carbocycles. The van der Waals surface area contributed by atoms with Crippen LogP contribution in [0.1, 0.15) is 39.5 Å². The first-order valence-corrected chi connectivity index (χ1v) is 3.97. The third kappa shape index (κ3) is 47.6. The monoisotopic (exact) mass is 164 g/mol. The minimum Gasteiger partial charge on any atom is -0.473 e. The molecule has 0 amide bonds. The Morgan fingerprint density at radius 1 is 1.10 bits per heavy atom. The minimum absolute atomic E-state index is 1.000. The molecule has 0 aliphatic heterocycles. The van der Waals surface area contributed by atoms with Crippen LogP contribution in [-0.2, 0) is 0 Å². The fourth-order valence-corrected chi connectivity index (χ4v) is 0.500. The van der Waals surface area contributed by atoms with Gasteiger partial charge in [-0.3, -0.25) is 0 Å². The van der Waals surface area contributed by atoms with Crippen molar-refractivity contribution in [2.24, 2.45) is 0 Å². The van der Waals surface area contributed by atoms with Crippen LogP contribution in [0.5, 0.6) is 0 Å². The molecule has 0 saturated heterocycles. The summed E-state index contributed by atoms with van der Waals surface area (Å²) in [6, 6.07) is 0. The van der Waals surface area contributed by atoms with Gasteiger partial charge in [0.05, 0.1) is 0 Å². The number of hydrogen-bond donors (Lipinski definition) is 2. The van der Waals surface area contributed by atoms with E-state index in [4.69, 9.17) is 10.2 Å². The molecular formula is C7H16O2S. The highest BCUT2D eigenvalue weighted by atomic mass is 32.1. The van der Waals surface area contributed by atoms with Crippen LogP contribution in [0.15, 0.2) is 0 Å². The Hall–Kier alpha value is -0.310. The zero-order chi connectivity index (χ0) is 8.41. The average Bonchev–Trinajstić information content (AvgIpc) is 1.82. The van der Waals surface area contributed by atoms with E-state index in [0.29, 0.717) is 0 Å². The van der Waals surface area contributed by atoms with E-state index in [0.717, 1.165) is 0 Å². The lowest BCUT2D eigenvalue weighted by atomic mass is 10.2. The second kappa shape index (κ2) is 11.5. The summed E-state index contributed by atoms with van der Waals surface area (Å²) >= 11 is 3.65. The third-order valence-electron chi connectivity index (χ3n) is 0.957. The highest BCUT2D eigenvalue weighted by molar-refractivity contribution is 7.79. The van der Waals surface area contributed by atoms with Crippen LogP contribution >= 0.6 is 12.2 Å². The van der Waals surface area contributed by atoms with Crippen LogP contribution in [0.3, 0.4) is 0 Å². The van der Waals surface area contributed by atoms with Gasteiger partial charge in [0.1, 0.15) is 0 Å². The van der Waals surface area contributed by atoms with Gasteiger partial charge >= 0.3 is 5.24 Å². The molecule has 0 atom stereocenters. The molecular weight excluding hydrogens is 148 g/mol. The largest absolute Gasteiger partial charge is 0.473 e. The summed E-state index contributed by atoms with van der Waals surface area (Å²) in [6.45, 7) is 4.46. The molecule has 0 aliphatic rings. The van der Waals surface area contributed by atoms with Gasteiger partial charge in [0.15, 0.2) is 0 Å². The smallest absolute Gasteiger partial charge is 0.347 e. The molecule has 0 saturated carbocycles. The van der Waals surface area contributed by atoms with E-state index in [1.165, 1.54) is 25.7 Å². The number of aliphatic hydroxyl groups excluding tert-OH is 1.